The van der Waals surface area contributed by atoms with E-state index >= 15 is 0 Å². The normalized spacial score (nSPS) is 14.9. The van der Waals surface area contributed by atoms with E-state index in [0.29, 0.717) is 39.0 Å². The fourth-order valence-electron chi connectivity index (χ4n) is 5.06. The van der Waals surface area contributed by atoms with Gasteiger partial charge < -0.3 is 14.5 Å². The standard InChI is InChI=1S/C32H24N4O4S/c1-39-27-10-6-9-22(30(27)40-2)23-16-26(19-7-4-3-5-8-19)35-31(24(23)18-33)41-28-17-29(37)36(32(28)38)21-12-11-20-13-14-34-25(20)15-21/h3-16,28,34H,17H2,1-2H3. The molecule has 1 aliphatic heterocycles. The molecule has 9 heteroatoms. The maximum atomic E-state index is 13.6. The molecule has 1 unspecified atom stereocenters. The number of imide groups is 1. The molecule has 1 atom stereocenters. The molecule has 0 bridgehead atoms. The zero-order valence-corrected chi connectivity index (χ0v) is 23.1. The molecule has 1 saturated heterocycles. The molecule has 41 heavy (non-hydrogen) atoms. The van der Waals surface area contributed by atoms with E-state index in [1.54, 1.807) is 32.4 Å². The molecular formula is C32H24N4O4S. The number of nitriles is 1. The van der Waals surface area contributed by atoms with Gasteiger partial charge in [0.25, 0.3) is 0 Å². The van der Waals surface area contributed by atoms with Gasteiger partial charge in [0.2, 0.25) is 11.8 Å². The summed E-state index contributed by atoms with van der Waals surface area (Å²) in [5.74, 6) is 0.353. The van der Waals surface area contributed by atoms with Crippen molar-refractivity contribution in [3.05, 3.63) is 90.6 Å². The Labute approximate surface area is 240 Å². The summed E-state index contributed by atoms with van der Waals surface area (Å²) in [6, 6.07) is 26.5. The minimum absolute atomic E-state index is 0.00775. The number of amides is 2. The van der Waals surface area contributed by atoms with Crippen LogP contribution in [-0.4, -0.2) is 41.3 Å². The summed E-state index contributed by atoms with van der Waals surface area (Å²) in [5.41, 5.74) is 4.33. The second-order valence-electron chi connectivity index (χ2n) is 9.38. The van der Waals surface area contributed by atoms with E-state index in [2.05, 4.69) is 11.1 Å². The highest BCUT2D eigenvalue weighted by Gasteiger charge is 2.41. The van der Waals surface area contributed by atoms with Gasteiger partial charge in [0.1, 0.15) is 11.1 Å². The largest absolute Gasteiger partial charge is 0.493 e. The summed E-state index contributed by atoms with van der Waals surface area (Å²) in [4.78, 5) is 35.9. The molecule has 0 aliphatic carbocycles. The lowest BCUT2D eigenvalue weighted by molar-refractivity contribution is -0.121. The van der Waals surface area contributed by atoms with Crippen molar-refractivity contribution in [2.75, 3.05) is 19.1 Å². The SMILES string of the molecule is COc1cccc(-c2cc(-c3ccccc3)nc(SC3CC(=O)N(c4ccc5cc[nH]c5c4)C3=O)c2C#N)c1OC. The summed E-state index contributed by atoms with van der Waals surface area (Å²) in [6.07, 6.45) is 1.80. The van der Waals surface area contributed by atoms with E-state index < -0.39 is 5.25 Å². The van der Waals surface area contributed by atoms with E-state index in [1.165, 1.54) is 4.90 Å². The van der Waals surface area contributed by atoms with Crippen LogP contribution in [0.1, 0.15) is 12.0 Å². The van der Waals surface area contributed by atoms with Crippen LogP contribution < -0.4 is 14.4 Å². The number of nitrogens with zero attached hydrogens (tertiary/aromatic N) is 3. The fourth-order valence-corrected chi connectivity index (χ4v) is 6.19. The third kappa shape index (κ3) is 4.68. The number of pyridine rings is 1. The van der Waals surface area contributed by atoms with Gasteiger partial charge in [0.05, 0.1) is 36.4 Å². The number of nitrogens with one attached hydrogen (secondary N) is 1. The molecule has 0 saturated carbocycles. The minimum atomic E-state index is -0.743. The Bertz CT molecular complexity index is 1840. The Morgan fingerprint density at radius 3 is 2.56 bits per heavy atom. The number of hydrogen-bond donors (Lipinski definition) is 1. The number of benzene rings is 3. The number of rotatable bonds is 7. The van der Waals surface area contributed by atoms with Gasteiger partial charge in [-0.1, -0.05) is 60.3 Å². The molecule has 1 N–H and O–H groups in total. The summed E-state index contributed by atoms with van der Waals surface area (Å²) >= 11 is 1.13. The van der Waals surface area contributed by atoms with Crippen molar-refractivity contribution in [1.29, 1.82) is 5.26 Å². The van der Waals surface area contributed by atoms with Gasteiger partial charge >= 0.3 is 0 Å². The molecule has 6 rings (SSSR count). The molecule has 202 valence electrons. The van der Waals surface area contributed by atoms with Gasteiger partial charge in [-0.15, -0.1) is 0 Å². The molecule has 0 radical (unpaired) electrons. The van der Waals surface area contributed by atoms with Crippen LogP contribution in [0.3, 0.4) is 0 Å². The number of carbonyl (C=O) groups is 2. The number of H-pyrrole nitrogens is 1. The Morgan fingerprint density at radius 1 is 0.976 bits per heavy atom. The quantitative estimate of drug-likeness (QED) is 0.236. The highest BCUT2D eigenvalue weighted by atomic mass is 32.2. The van der Waals surface area contributed by atoms with Crippen molar-refractivity contribution in [2.45, 2.75) is 16.7 Å². The van der Waals surface area contributed by atoms with Crippen LogP contribution in [0, 0.1) is 11.3 Å². The first-order valence-electron chi connectivity index (χ1n) is 12.8. The number of aromatic amines is 1. The summed E-state index contributed by atoms with van der Waals surface area (Å²) in [6.45, 7) is 0. The first kappa shape index (κ1) is 26.2. The number of hydrogen-bond acceptors (Lipinski definition) is 7. The Morgan fingerprint density at radius 2 is 1.80 bits per heavy atom. The summed E-state index contributed by atoms with van der Waals surface area (Å²) in [7, 11) is 3.10. The highest BCUT2D eigenvalue weighted by molar-refractivity contribution is 8.00. The van der Waals surface area contributed by atoms with Crippen molar-refractivity contribution in [3.8, 4) is 40.0 Å². The van der Waals surface area contributed by atoms with Crippen molar-refractivity contribution in [3.63, 3.8) is 0 Å². The predicted octanol–water partition coefficient (Wildman–Crippen LogP) is 6.21. The second-order valence-corrected chi connectivity index (χ2v) is 10.6. The molecule has 3 aromatic carbocycles. The molecule has 2 aromatic heterocycles. The monoisotopic (exact) mass is 560 g/mol. The zero-order valence-electron chi connectivity index (χ0n) is 22.3. The van der Waals surface area contributed by atoms with Gasteiger partial charge in [-0.3, -0.25) is 9.59 Å². The van der Waals surface area contributed by atoms with Crippen LogP contribution in [-0.2, 0) is 9.59 Å². The molecule has 1 aliphatic rings. The number of carbonyl (C=O) groups excluding carboxylic acids is 2. The maximum absolute atomic E-state index is 13.6. The van der Waals surface area contributed by atoms with Crippen LogP contribution in [0.5, 0.6) is 11.5 Å². The Kier molecular flexibility index (Phi) is 6.91. The van der Waals surface area contributed by atoms with Gasteiger partial charge in [-0.25, -0.2) is 9.88 Å². The van der Waals surface area contributed by atoms with Gasteiger partial charge in [0.15, 0.2) is 11.5 Å². The first-order chi connectivity index (χ1) is 20.0. The number of anilines is 1. The van der Waals surface area contributed by atoms with E-state index in [4.69, 9.17) is 14.5 Å². The third-order valence-corrected chi connectivity index (χ3v) is 8.19. The third-order valence-electron chi connectivity index (χ3n) is 7.02. The Hall–Kier alpha value is -5.07. The van der Waals surface area contributed by atoms with E-state index in [1.807, 2.05) is 66.9 Å². The average molecular weight is 561 g/mol. The topological polar surface area (TPSA) is 108 Å². The molecule has 8 nitrogen and oxygen atoms in total. The van der Waals surface area contributed by atoms with Crippen LogP contribution in [0.4, 0.5) is 5.69 Å². The van der Waals surface area contributed by atoms with Crippen LogP contribution in [0.15, 0.2) is 90.1 Å². The summed E-state index contributed by atoms with van der Waals surface area (Å²) < 4.78 is 11.2. The highest BCUT2D eigenvalue weighted by Crippen LogP contribution is 2.44. The Balaban J connectivity index is 1.44. The molecule has 3 heterocycles. The molecule has 2 amide bonds. The molecule has 1 fully saturated rings. The van der Waals surface area contributed by atoms with Crippen LogP contribution >= 0.6 is 11.8 Å². The zero-order chi connectivity index (χ0) is 28.5. The molecule has 0 spiro atoms. The second kappa shape index (κ2) is 10.8. The predicted molar refractivity (Wildman–Crippen MR) is 158 cm³/mol. The van der Waals surface area contributed by atoms with Gasteiger partial charge in [-0.2, -0.15) is 5.26 Å². The number of para-hydroxylation sites is 1. The lowest BCUT2D eigenvalue weighted by atomic mass is 9.98. The van der Waals surface area contributed by atoms with E-state index in [-0.39, 0.29) is 23.8 Å². The molecular weight excluding hydrogens is 536 g/mol. The number of methoxy groups -OCH3 is 2. The van der Waals surface area contributed by atoms with E-state index in [9.17, 15) is 14.9 Å². The van der Waals surface area contributed by atoms with Crippen molar-refractivity contribution in [2.24, 2.45) is 0 Å². The fraction of sp³-hybridized carbons (Fsp3) is 0.125. The number of aromatic nitrogens is 2. The number of ether oxygens (including phenoxy) is 2. The first-order valence-corrected chi connectivity index (χ1v) is 13.7. The lowest BCUT2D eigenvalue weighted by Gasteiger charge is -2.18. The van der Waals surface area contributed by atoms with Gasteiger partial charge in [-0.05, 0) is 35.7 Å². The van der Waals surface area contributed by atoms with Gasteiger partial charge in [0, 0.05) is 34.8 Å². The smallest absolute Gasteiger partial charge is 0.247 e. The maximum Gasteiger partial charge on any atom is 0.247 e. The van der Waals surface area contributed by atoms with Crippen molar-refractivity contribution in [1.82, 2.24) is 9.97 Å². The lowest BCUT2D eigenvalue weighted by Crippen LogP contribution is -2.31. The minimum Gasteiger partial charge on any atom is -0.493 e. The van der Waals surface area contributed by atoms with Crippen molar-refractivity contribution < 1.29 is 19.1 Å². The van der Waals surface area contributed by atoms with E-state index in [0.717, 1.165) is 28.2 Å². The number of fused-ring (bicyclic) bond motifs is 1. The average Bonchev–Trinajstić information content (AvgIpc) is 3.59. The van der Waals surface area contributed by atoms with Crippen molar-refractivity contribution >= 4 is 40.2 Å². The summed E-state index contributed by atoms with van der Waals surface area (Å²) in [5, 5.41) is 11.0. The molecule has 5 aromatic rings. The van der Waals surface area contributed by atoms with Crippen LogP contribution in [0.2, 0.25) is 0 Å². The van der Waals surface area contributed by atoms with Crippen LogP contribution in [0.25, 0.3) is 33.3 Å². The number of thioether (sulfide) groups is 1.